The fraction of sp³-hybridized carbons (Fsp3) is 0.400. The first-order chi connectivity index (χ1) is 15.9. The van der Waals surface area contributed by atoms with E-state index in [4.69, 9.17) is 20.5 Å². The van der Waals surface area contributed by atoms with E-state index in [1.807, 2.05) is 49.5 Å². The van der Waals surface area contributed by atoms with Crippen LogP contribution in [0.5, 0.6) is 5.75 Å². The lowest BCUT2D eigenvalue weighted by Gasteiger charge is -2.16. The summed E-state index contributed by atoms with van der Waals surface area (Å²) in [6.07, 6.45) is 2.60. The molecule has 33 heavy (non-hydrogen) atoms. The first-order valence-electron chi connectivity index (χ1n) is 10.8. The fourth-order valence-electron chi connectivity index (χ4n) is 3.43. The predicted octanol–water partition coefficient (Wildman–Crippen LogP) is 2.60. The van der Waals surface area contributed by atoms with Gasteiger partial charge in [0.15, 0.2) is 0 Å². The normalized spacial score (nSPS) is 15.9. The summed E-state index contributed by atoms with van der Waals surface area (Å²) in [5, 5.41) is 8.62. The van der Waals surface area contributed by atoms with Crippen LogP contribution in [0.25, 0.3) is 11.1 Å². The molecule has 8 nitrogen and oxygen atoms in total. The number of hydrogen-bond acceptors (Lipinski definition) is 6. The quantitative estimate of drug-likeness (QED) is 0.647. The molecule has 2 aromatic carbocycles. The van der Waals surface area contributed by atoms with Crippen LogP contribution in [0.3, 0.4) is 0 Å². The number of nitriles is 1. The van der Waals surface area contributed by atoms with Crippen molar-refractivity contribution in [2.24, 2.45) is 5.73 Å². The lowest BCUT2D eigenvalue weighted by molar-refractivity contribution is -0.129. The van der Waals surface area contributed by atoms with Crippen LogP contribution in [-0.2, 0) is 20.7 Å². The monoisotopic (exact) mass is 452 g/mol. The van der Waals surface area contributed by atoms with Crippen LogP contribution in [0.1, 0.15) is 18.4 Å². The molecule has 176 valence electrons. The molecule has 1 fully saturated rings. The SMILES string of the molecule is CN1CCCOC(C(N)=O)C1.COc1ccc(-c2ccc(CCC#N)cc2)cc1N(C)C=O. The summed E-state index contributed by atoms with van der Waals surface area (Å²) < 4.78 is 10.5. The van der Waals surface area contributed by atoms with Gasteiger partial charge in [0, 0.05) is 33.2 Å². The van der Waals surface area contributed by atoms with Gasteiger partial charge in [0.05, 0.1) is 18.9 Å². The maximum Gasteiger partial charge on any atom is 0.247 e. The van der Waals surface area contributed by atoms with Gasteiger partial charge in [-0.2, -0.15) is 5.26 Å². The predicted molar refractivity (Wildman–Crippen MR) is 128 cm³/mol. The minimum atomic E-state index is -0.414. The Morgan fingerprint density at radius 3 is 2.61 bits per heavy atom. The summed E-state index contributed by atoms with van der Waals surface area (Å²) in [6.45, 7) is 2.23. The van der Waals surface area contributed by atoms with Crippen molar-refractivity contribution in [2.75, 3.05) is 45.8 Å². The number of likely N-dealkylation sites (N-methyl/N-ethyl adjacent to an activating group) is 1. The van der Waals surface area contributed by atoms with E-state index in [-0.39, 0.29) is 5.91 Å². The van der Waals surface area contributed by atoms with E-state index in [0.717, 1.165) is 48.2 Å². The standard InChI is InChI=1S/C18H18N2O2.C7H14N2O2/c1-20(13-21)17-12-16(9-10-18(17)22-2)15-7-5-14(6-8-15)4-3-11-19;1-9-3-2-4-11-6(5-9)7(8)10/h5-10,12-13H,3-4H2,1-2H3;6H,2-5H2,1H3,(H2,8,10). The van der Waals surface area contributed by atoms with E-state index >= 15 is 0 Å². The van der Waals surface area contributed by atoms with Gasteiger partial charge in [-0.05, 0) is 48.7 Å². The molecule has 0 radical (unpaired) electrons. The highest BCUT2D eigenvalue weighted by molar-refractivity contribution is 5.82. The van der Waals surface area contributed by atoms with Gasteiger partial charge in [0.2, 0.25) is 12.3 Å². The molecule has 1 heterocycles. The van der Waals surface area contributed by atoms with Crippen LogP contribution in [0, 0.1) is 11.3 Å². The van der Waals surface area contributed by atoms with Gasteiger partial charge < -0.3 is 25.0 Å². The first kappa shape index (κ1) is 25.8. The van der Waals surface area contributed by atoms with Crippen LogP contribution < -0.4 is 15.4 Å². The number of carbonyl (C=O) groups is 2. The number of benzene rings is 2. The highest BCUT2D eigenvalue weighted by Crippen LogP contribution is 2.32. The molecule has 2 N–H and O–H groups in total. The zero-order valence-electron chi connectivity index (χ0n) is 19.5. The van der Waals surface area contributed by atoms with Crippen LogP contribution in [-0.4, -0.2) is 64.2 Å². The van der Waals surface area contributed by atoms with Crippen molar-refractivity contribution in [1.82, 2.24) is 4.90 Å². The van der Waals surface area contributed by atoms with Gasteiger partial charge in [-0.15, -0.1) is 0 Å². The van der Waals surface area contributed by atoms with E-state index < -0.39 is 6.10 Å². The topological polar surface area (TPSA) is 109 Å². The van der Waals surface area contributed by atoms with Gasteiger partial charge in [-0.1, -0.05) is 30.3 Å². The number of ether oxygens (including phenoxy) is 2. The van der Waals surface area contributed by atoms with E-state index in [1.165, 1.54) is 4.90 Å². The number of nitrogens with two attached hydrogens (primary N) is 1. The van der Waals surface area contributed by atoms with Crippen LogP contribution in [0.2, 0.25) is 0 Å². The molecule has 0 aliphatic carbocycles. The molecule has 2 amide bonds. The van der Waals surface area contributed by atoms with E-state index in [1.54, 1.807) is 14.2 Å². The van der Waals surface area contributed by atoms with Crippen molar-refractivity contribution in [1.29, 1.82) is 5.26 Å². The Bertz CT molecular complexity index is 956. The molecule has 8 heteroatoms. The van der Waals surface area contributed by atoms with E-state index in [9.17, 15) is 9.59 Å². The summed E-state index contributed by atoms with van der Waals surface area (Å²) in [5.41, 5.74) is 9.05. The molecule has 0 aromatic heterocycles. The molecule has 2 aromatic rings. The van der Waals surface area contributed by atoms with Crippen molar-refractivity contribution in [2.45, 2.75) is 25.4 Å². The molecule has 1 atom stereocenters. The lowest BCUT2D eigenvalue weighted by Crippen LogP contribution is -2.38. The maximum absolute atomic E-state index is 11.0. The minimum absolute atomic E-state index is 0.362. The van der Waals surface area contributed by atoms with Crippen molar-refractivity contribution in [3.63, 3.8) is 0 Å². The lowest BCUT2D eigenvalue weighted by atomic mass is 10.0. The third kappa shape index (κ3) is 7.90. The van der Waals surface area contributed by atoms with Crippen molar-refractivity contribution in [3.8, 4) is 22.9 Å². The third-order valence-corrected chi connectivity index (χ3v) is 5.33. The molecule has 1 saturated heterocycles. The number of anilines is 1. The van der Waals surface area contributed by atoms with E-state index in [2.05, 4.69) is 11.0 Å². The highest BCUT2D eigenvalue weighted by Gasteiger charge is 2.20. The summed E-state index contributed by atoms with van der Waals surface area (Å²) in [4.78, 5) is 25.3. The Morgan fingerprint density at radius 1 is 1.30 bits per heavy atom. The zero-order valence-corrected chi connectivity index (χ0v) is 19.5. The number of carbonyl (C=O) groups excluding carboxylic acids is 2. The van der Waals surface area contributed by atoms with Crippen LogP contribution in [0.4, 0.5) is 5.69 Å². The zero-order chi connectivity index (χ0) is 24.2. The average molecular weight is 453 g/mol. The fourth-order valence-corrected chi connectivity index (χ4v) is 3.43. The average Bonchev–Trinajstić information content (AvgIpc) is 3.07. The van der Waals surface area contributed by atoms with Crippen molar-refractivity contribution >= 4 is 18.0 Å². The Balaban J connectivity index is 0.000000294. The molecule has 0 saturated carbocycles. The number of aryl methyl sites for hydroxylation is 1. The number of rotatable bonds is 7. The third-order valence-electron chi connectivity index (χ3n) is 5.33. The molecule has 1 aliphatic rings. The highest BCUT2D eigenvalue weighted by atomic mass is 16.5. The number of methoxy groups -OCH3 is 1. The van der Waals surface area contributed by atoms with E-state index in [0.29, 0.717) is 25.3 Å². The van der Waals surface area contributed by atoms with Gasteiger partial charge in [-0.3, -0.25) is 9.59 Å². The van der Waals surface area contributed by atoms with Gasteiger partial charge in [0.25, 0.3) is 0 Å². The Kier molecular flexibility index (Phi) is 10.3. The van der Waals surface area contributed by atoms with Crippen molar-refractivity contribution < 1.29 is 19.1 Å². The molecule has 0 spiro atoms. The Hall–Kier alpha value is -3.41. The summed E-state index contributed by atoms with van der Waals surface area (Å²) >= 11 is 0. The second kappa shape index (κ2) is 13.2. The number of hydrogen-bond donors (Lipinski definition) is 1. The largest absolute Gasteiger partial charge is 0.495 e. The van der Waals surface area contributed by atoms with Gasteiger partial charge in [0.1, 0.15) is 11.9 Å². The molecular formula is C25H32N4O4. The van der Waals surface area contributed by atoms with Gasteiger partial charge >= 0.3 is 0 Å². The first-order valence-corrected chi connectivity index (χ1v) is 10.8. The molecule has 1 aliphatic heterocycles. The smallest absolute Gasteiger partial charge is 0.247 e. The molecule has 0 bridgehead atoms. The summed E-state index contributed by atoms with van der Waals surface area (Å²) in [7, 11) is 5.24. The summed E-state index contributed by atoms with van der Waals surface area (Å²) in [6, 6.07) is 16.0. The number of amides is 2. The van der Waals surface area contributed by atoms with Gasteiger partial charge in [-0.25, -0.2) is 0 Å². The summed E-state index contributed by atoms with van der Waals surface area (Å²) in [5.74, 6) is 0.294. The Labute approximate surface area is 195 Å². The number of nitrogens with zero attached hydrogens (tertiary/aromatic N) is 3. The second-order valence-electron chi connectivity index (χ2n) is 7.84. The second-order valence-corrected chi connectivity index (χ2v) is 7.84. The minimum Gasteiger partial charge on any atom is -0.495 e. The molecule has 3 rings (SSSR count). The Morgan fingerprint density at radius 2 is 2.00 bits per heavy atom. The van der Waals surface area contributed by atoms with Crippen molar-refractivity contribution in [3.05, 3.63) is 48.0 Å². The molecular weight excluding hydrogens is 420 g/mol. The van der Waals surface area contributed by atoms with Crippen LogP contribution in [0.15, 0.2) is 42.5 Å². The molecule has 1 unspecified atom stereocenters. The number of primary amides is 1. The maximum atomic E-state index is 11.0. The van der Waals surface area contributed by atoms with Crippen LogP contribution >= 0.6 is 0 Å².